The van der Waals surface area contributed by atoms with E-state index in [-0.39, 0.29) is 35.0 Å². The third kappa shape index (κ3) is 11.5. The molecule has 0 unspecified atom stereocenters. The first-order valence-electron chi connectivity index (χ1n) is 17.2. The van der Waals surface area contributed by atoms with E-state index < -0.39 is 43.2 Å². The molecule has 4 N–H and O–H groups in total. The highest BCUT2D eigenvalue weighted by molar-refractivity contribution is 7.86. The molecule has 2 aromatic rings. The average Bonchev–Trinajstić information content (AvgIpc) is 3.29. The van der Waals surface area contributed by atoms with Crippen LogP contribution in [0, 0.1) is 0 Å². The first-order chi connectivity index (χ1) is 24.7. The van der Waals surface area contributed by atoms with Gasteiger partial charge in [0.05, 0.1) is 21.4 Å². The first kappa shape index (κ1) is 42.8. The van der Waals surface area contributed by atoms with Crippen molar-refractivity contribution in [3.05, 3.63) is 102 Å². The molecule has 1 heterocycles. The van der Waals surface area contributed by atoms with Crippen LogP contribution >= 0.6 is 0 Å². The second-order valence-electron chi connectivity index (χ2n) is 13.6. The summed E-state index contributed by atoms with van der Waals surface area (Å²) in [5.41, 5.74) is 1.81. The molecule has 1 amide bonds. The molecule has 0 fully saturated rings. The molecule has 2 aromatic carbocycles. The van der Waals surface area contributed by atoms with Crippen LogP contribution in [0.15, 0.2) is 101 Å². The van der Waals surface area contributed by atoms with Crippen molar-refractivity contribution >= 4 is 44.1 Å². The standard InChI is InChI=1S/C38H49N3O10S2/c1-6-40(38(4,5)28-15-14-16-30(25-28)52(46,47)48)23-12-9-7-8-10-17-34-37(2,3)32-26-31(53(49,50)51)20-21-33(32)41(34)24-13-11-18-35(43)39-29(27-42)19-22-36(44)45/h7-10,12,14-17,20-21,23,25-27,29H,6,11,13,18-19,22,24H2,1-5H3,(H,39,43)(H,44,45)(H,46,47,48)(H,49,50,51)/b9-7+,10-8+,23-12+,34-17+/t29-/m1/s1. The fraction of sp³-hybridized carbons (Fsp3) is 0.395. The van der Waals surface area contributed by atoms with Crippen molar-refractivity contribution in [1.29, 1.82) is 0 Å². The van der Waals surface area contributed by atoms with Gasteiger partial charge in [0.25, 0.3) is 20.2 Å². The van der Waals surface area contributed by atoms with E-state index in [1.165, 1.54) is 24.3 Å². The average molecular weight is 772 g/mol. The summed E-state index contributed by atoms with van der Waals surface area (Å²) in [4.78, 5) is 38.2. The lowest BCUT2D eigenvalue weighted by atomic mass is 9.83. The monoisotopic (exact) mass is 771 g/mol. The number of amides is 1. The first-order valence-corrected chi connectivity index (χ1v) is 20.0. The molecule has 0 saturated carbocycles. The number of carboxylic acids is 1. The van der Waals surface area contributed by atoms with Gasteiger partial charge in [-0.25, -0.2) is 0 Å². The largest absolute Gasteiger partial charge is 0.481 e. The van der Waals surface area contributed by atoms with Crippen molar-refractivity contribution in [3.8, 4) is 0 Å². The lowest BCUT2D eigenvalue weighted by Gasteiger charge is -2.38. The zero-order chi connectivity index (χ0) is 39.6. The molecular formula is C38H49N3O10S2. The van der Waals surface area contributed by atoms with E-state index in [4.69, 9.17) is 5.11 Å². The Morgan fingerprint density at radius 1 is 0.925 bits per heavy atom. The van der Waals surface area contributed by atoms with Gasteiger partial charge in [0.15, 0.2) is 0 Å². The number of allylic oxidation sites excluding steroid dienone is 7. The molecule has 0 saturated heterocycles. The van der Waals surface area contributed by atoms with Crippen molar-refractivity contribution in [2.75, 3.05) is 18.0 Å². The van der Waals surface area contributed by atoms with Crippen molar-refractivity contribution in [1.82, 2.24) is 10.2 Å². The quantitative estimate of drug-likeness (QED) is 0.0584. The van der Waals surface area contributed by atoms with Crippen LogP contribution in [-0.2, 0) is 45.6 Å². The predicted octanol–water partition coefficient (Wildman–Crippen LogP) is 5.76. The topological polar surface area (TPSA) is 199 Å². The van der Waals surface area contributed by atoms with E-state index in [0.717, 1.165) is 11.4 Å². The third-order valence-electron chi connectivity index (χ3n) is 9.24. The number of nitrogens with zero attached hydrogens (tertiary/aromatic N) is 2. The zero-order valence-electron chi connectivity index (χ0n) is 30.6. The van der Waals surface area contributed by atoms with Gasteiger partial charge in [0, 0.05) is 42.7 Å². The Morgan fingerprint density at radius 2 is 1.57 bits per heavy atom. The van der Waals surface area contributed by atoms with Crippen LogP contribution in [0.4, 0.5) is 5.69 Å². The molecule has 1 atom stereocenters. The molecule has 1 aliphatic heterocycles. The number of benzene rings is 2. The number of nitrogens with one attached hydrogen (secondary N) is 1. The van der Waals surface area contributed by atoms with Crippen molar-refractivity contribution < 1.29 is 45.4 Å². The molecule has 15 heteroatoms. The number of hydrogen-bond acceptors (Lipinski definition) is 9. The maximum Gasteiger partial charge on any atom is 0.303 e. The maximum atomic E-state index is 12.4. The van der Waals surface area contributed by atoms with Crippen molar-refractivity contribution in [2.45, 2.75) is 93.5 Å². The lowest BCUT2D eigenvalue weighted by Crippen LogP contribution is -2.37. The van der Waals surface area contributed by atoms with Gasteiger partial charge in [-0.3, -0.25) is 18.7 Å². The zero-order valence-corrected chi connectivity index (χ0v) is 32.2. The van der Waals surface area contributed by atoms with E-state index in [0.29, 0.717) is 43.3 Å². The van der Waals surface area contributed by atoms with Crippen molar-refractivity contribution in [2.24, 2.45) is 0 Å². The van der Waals surface area contributed by atoms with Crippen LogP contribution in [0.3, 0.4) is 0 Å². The van der Waals surface area contributed by atoms with Crippen molar-refractivity contribution in [3.63, 3.8) is 0 Å². The molecule has 0 aromatic heterocycles. The summed E-state index contributed by atoms with van der Waals surface area (Å²) in [5.74, 6) is -1.41. The van der Waals surface area contributed by atoms with Gasteiger partial charge in [0.2, 0.25) is 5.91 Å². The molecule has 0 radical (unpaired) electrons. The Hall–Kier alpha value is -4.57. The minimum absolute atomic E-state index is 0.00914. The van der Waals surface area contributed by atoms with Crippen LogP contribution in [0.2, 0.25) is 0 Å². The maximum absolute atomic E-state index is 12.4. The molecule has 0 spiro atoms. The van der Waals surface area contributed by atoms with Crippen LogP contribution < -0.4 is 10.2 Å². The Labute approximate surface area is 312 Å². The minimum atomic E-state index is -4.44. The number of aliphatic carboxylic acids is 1. The number of anilines is 1. The Kier molecular flexibility index (Phi) is 14.5. The normalized spacial score (nSPS) is 16.1. The van der Waals surface area contributed by atoms with Gasteiger partial charge in [-0.05, 0) is 99.8 Å². The highest BCUT2D eigenvalue weighted by atomic mass is 32.2. The van der Waals surface area contributed by atoms with Gasteiger partial charge in [-0.15, -0.1) is 0 Å². The number of fused-ring (bicyclic) bond motifs is 1. The molecule has 0 bridgehead atoms. The van der Waals surface area contributed by atoms with Gasteiger partial charge in [-0.1, -0.05) is 50.3 Å². The summed E-state index contributed by atoms with van der Waals surface area (Å²) >= 11 is 0. The Bertz CT molecular complexity index is 2000. The van der Waals surface area contributed by atoms with Crippen LogP contribution in [-0.4, -0.2) is 73.2 Å². The van der Waals surface area contributed by atoms with E-state index in [9.17, 15) is 40.3 Å². The molecule has 1 aliphatic rings. The van der Waals surface area contributed by atoms with Gasteiger partial charge in [0.1, 0.15) is 6.29 Å². The summed E-state index contributed by atoms with van der Waals surface area (Å²) in [7, 11) is -8.78. The van der Waals surface area contributed by atoms with E-state index in [1.54, 1.807) is 18.2 Å². The smallest absolute Gasteiger partial charge is 0.303 e. The molecule has 288 valence electrons. The number of rotatable bonds is 19. The number of unbranched alkanes of at least 4 members (excludes halogenated alkanes) is 1. The fourth-order valence-electron chi connectivity index (χ4n) is 6.23. The summed E-state index contributed by atoms with van der Waals surface area (Å²) in [6, 6.07) is 9.80. The van der Waals surface area contributed by atoms with Gasteiger partial charge in [-0.2, -0.15) is 16.8 Å². The van der Waals surface area contributed by atoms with Gasteiger partial charge >= 0.3 is 5.97 Å². The third-order valence-corrected chi connectivity index (χ3v) is 10.9. The second kappa shape index (κ2) is 18.0. The summed E-state index contributed by atoms with van der Waals surface area (Å²) < 4.78 is 66.5. The van der Waals surface area contributed by atoms with Crippen LogP contribution in [0.25, 0.3) is 0 Å². The minimum Gasteiger partial charge on any atom is -0.481 e. The molecule has 53 heavy (non-hydrogen) atoms. The van der Waals surface area contributed by atoms with Crippen LogP contribution in [0.1, 0.15) is 77.8 Å². The molecular weight excluding hydrogens is 723 g/mol. The van der Waals surface area contributed by atoms with E-state index >= 15 is 0 Å². The number of carbonyl (C=O) groups excluding carboxylic acids is 2. The summed E-state index contributed by atoms with van der Waals surface area (Å²) in [5, 5.41) is 11.4. The molecule has 0 aliphatic carbocycles. The molecule has 13 nitrogen and oxygen atoms in total. The summed E-state index contributed by atoms with van der Waals surface area (Å²) in [6.45, 7) is 10.9. The van der Waals surface area contributed by atoms with Crippen LogP contribution in [0.5, 0.6) is 0 Å². The predicted molar refractivity (Wildman–Crippen MR) is 203 cm³/mol. The summed E-state index contributed by atoms with van der Waals surface area (Å²) in [6.07, 6.45) is 14.5. The fourth-order valence-corrected chi connectivity index (χ4v) is 7.26. The van der Waals surface area contributed by atoms with E-state index in [1.807, 2.05) is 87.1 Å². The van der Waals surface area contributed by atoms with E-state index in [2.05, 4.69) is 5.32 Å². The highest BCUT2D eigenvalue weighted by Gasteiger charge is 2.40. The number of carbonyl (C=O) groups is 3. The SMILES string of the molecule is CCN(/C=C/C=C/C=C/C=C1/N(CCCCC(=O)N[C@@H](C=O)CCC(=O)O)c2ccc(S(=O)(=O)O)cc2C1(C)C)C(C)(C)c1cccc(S(=O)(=O)O)c1. The van der Waals surface area contributed by atoms with Gasteiger partial charge < -0.3 is 25.0 Å². The molecule has 3 rings (SSSR count). The Balaban J connectivity index is 1.76. The Morgan fingerprint density at radius 3 is 2.19 bits per heavy atom. The number of hydrogen-bond donors (Lipinski definition) is 4. The second-order valence-corrected chi connectivity index (χ2v) is 16.5. The lowest BCUT2D eigenvalue weighted by molar-refractivity contribution is -0.137. The number of aldehydes is 1. The number of carboxylic acid groups (broad SMARTS) is 1. The highest BCUT2D eigenvalue weighted by Crippen LogP contribution is 2.48.